The van der Waals surface area contributed by atoms with Crippen LogP contribution < -0.4 is 5.32 Å². The van der Waals surface area contributed by atoms with Gasteiger partial charge in [0.1, 0.15) is 6.33 Å². The molecule has 1 atom stereocenters. The summed E-state index contributed by atoms with van der Waals surface area (Å²) in [5, 5.41) is 4.04. The molecule has 0 radical (unpaired) electrons. The highest BCUT2D eigenvalue weighted by Gasteiger charge is 2.16. The molecule has 100 valence electrons. The van der Waals surface area contributed by atoms with Crippen molar-refractivity contribution in [3.8, 4) is 5.95 Å². The number of hydrogen-bond acceptors (Lipinski definition) is 6. The van der Waals surface area contributed by atoms with Gasteiger partial charge >= 0.3 is 0 Å². The standard InChI is InChI=1S/C11H13ClN6S/c12-9-15-10(14-6-8-2-1-5-19-8)17-11(16-9)18-4-3-13-7-18/h3-4,7-8H,1-2,5-6H2,(H,14,15,16,17). The Morgan fingerprint density at radius 1 is 1.42 bits per heavy atom. The summed E-state index contributed by atoms with van der Waals surface area (Å²) < 4.78 is 1.70. The van der Waals surface area contributed by atoms with Gasteiger partial charge in [-0.3, -0.25) is 4.57 Å². The number of imidazole rings is 1. The Bertz CT molecular complexity index is 540. The van der Waals surface area contributed by atoms with Crippen LogP contribution in [0.25, 0.3) is 5.95 Å². The molecule has 0 amide bonds. The molecule has 3 heterocycles. The highest BCUT2D eigenvalue weighted by atomic mass is 35.5. The third-order valence-electron chi connectivity index (χ3n) is 2.84. The maximum Gasteiger partial charge on any atom is 0.241 e. The van der Waals surface area contributed by atoms with E-state index in [-0.39, 0.29) is 5.28 Å². The normalized spacial score (nSPS) is 18.7. The van der Waals surface area contributed by atoms with Crippen molar-refractivity contribution < 1.29 is 0 Å². The number of aromatic nitrogens is 5. The molecule has 1 aliphatic heterocycles. The number of thioether (sulfide) groups is 1. The molecule has 1 saturated heterocycles. The first kappa shape index (κ1) is 12.7. The molecule has 0 aromatic carbocycles. The molecule has 1 N–H and O–H groups in total. The minimum Gasteiger partial charge on any atom is -0.353 e. The van der Waals surface area contributed by atoms with E-state index in [9.17, 15) is 0 Å². The van der Waals surface area contributed by atoms with Crippen LogP contribution in [0, 0.1) is 0 Å². The van der Waals surface area contributed by atoms with Crippen LogP contribution in [-0.4, -0.2) is 42.1 Å². The average molecular weight is 297 g/mol. The molecule has 6 nitrogen and oxygen atoms in total. The van der Waals surface area contributed by atoms with Crippen molar-refractivity contribution >= 4 is 29.3 Å². The van der Waals surface area contributed by atoms with Crippen molar-refractivity contribution in [2.75, 3.05) is 17.6 Å². The van der Waals surface area contributed by atoms with Gasteiger partial charge in [0, 0.05) is 24.2 Å². The van der Waals surface area contributed by atoms with Crippen LogP contribution in [0.3, 0.4) is 0 Å². The van der Waals surface area contributed by atoms with E-state index in [1.165, 1.54) is 18.6 Å². The highest BCUT2D eigenvalue weighted by molar-refractivity contribution is 8.00. The predicted octanol–water partition coefficient (Wildman–Crippen LogP) is 2.02. The van der Waals surface area contributed by atoms with E-state index in [1.807, 2.05) is 11.8 Å². The number of halogens is 1. The molecule has 0 saturated carbocycles. The quantitative estimate of drug-likeness (QED) is 0.931. The van der Waals surface area contributed by atoms with Crippen molar-refractivity contribution in [3.05, 3.63) is 24.0 Å². The Labute approximate surface area is 120 Å². The fraction of sp³-hybridized carbons (Fsp3) is 0.455. The zero-order valence-corrected chi connectivity index (χ0v) is 11.7. The van der Waals surface area contributed by atoms with Gasteiger partial charge in [-0.05, 0) is 30.2 Å². The summed E-state index contributed by atoms with van der Waals surface area (Å²) in [6.07, 6.45) is 7.59. The Morgan fingerprint density at radius 3 is 3.11 bits per heavy atom. The highest BCUT2D eigenvalue weighted by Crippen LogP contribution is 2.26. The number of anilines is 1. The Balaban J connectivity index is 1.74. The lowest BCUT2D eigenvalue weighted by Crippen LogP contribution is -2.16. The van der Waals surface area contributed by atoms with Crippen LogP contribution in [0.1, 0.15) is 12.8 Å². The lowest BCUT2D eigenvalue weighted by Gasteiger charge is -2.10. The largest absolute Gasteiger partial charge is 0.353 e. The van der Waals surface area contributed by atoms with E-state index in [2.05, 4.69) is 25.3 Å². The fourth-order valence-electron chi connectivity index (χ4n) is 1.92. The first-order valence-electron chi connectivity index (χ1n) is 6.06. The minimum absolute atomic E-state index is 0.181. The number of nitrogens with zero attached hydrogens (tertiary/aromatic N) is 5. The van der Waals surface area contributed by atoms with E-state index < -0.39 is 0 Å². The first-order chi connectivity index (χ1) is 9.31. The summed E-state index contributed by atoms with van der Waals surface area (Å²) >= 11 is 7.91. The Kier molecular flexibility index (Phi) is 3.84. The Morgan fingerprint density at radius 2 is 2.37 bits per heavy atom. The van der Waals surface area contributed by atoms with Gasteiger partial charge in [-0.25, -0.2) is 4.98 Å². The maximum atomic E-state index is 5.92. The van der Waals surface area contributed by atoms with Gasteiger partial charge in [0.2, 0.25) is 17.2 Å². The fourth-order valence-corrected chi connectivity index (χ4v) is 3.28. The second kappa shape index (κ2) is 5.75. The third kappa shape index (κ3) is 3.16. The second-order valence-corrected chi connectivity index (χ2v) is 5.96. The van der Waals surface area contributed by atoms with Gasteiger partial charge in [0.05, 0.1) is 0 Å². The zero-order chi connectivity index (χ0) is 13.1. The molecular formula is C11H13ClN6S. The van der Waals surface area contributed by atoms with Gasteiger partial charge in [-0.15, -0.1) is 0 Å². The first-order valence-corrected chi connectivity index (χ1v) is 7.49. The zero-order valence-electron chi connectivity index (χ0n) is 10.2. The number of hydrogen-bond donors (Lipinski definition) is 1. The van der Waals surface area contributed by atoms with Crippen molar-refractivity contribution in [2.45, 2.75) is 18.1 Å². The molecule has 8 heteroatoms. The molecular weight excluding hydrogens is 284 g/mol. The van der Waals surface area contributed by atoms with Crippen molar-refractivity contribution in [3.63, 3.8) is 0 Å². The van der Waals surface area contributed by atoms with E-state index in [0.717, 1.165) is 6.54 Å². The summed E-state index contributed by atoms with van der Waals surface area (Å²) in [4.78, 5) is 16.5. The van der Waals surface area contributed by atoms with Gasteiger partial charge in [0.15, 0.2) is 0 Å². The van der Waals surface area contributed by atoms with Crippen molar-refractivity contribution in [2.24, 2.45) is 0 Å². The summed E-state index contributed by atoms with van der Waals surface area (Å²) in [5.41, 5.74) is 0. The molecule has 1 aliphatic rings. The van der Waals surface area contributed by atoms with Crippen molar-refractivity contribution in [1.29, 1.82) is 0 Å². The molecule has 1 unspecified atom stereocenters. The van der Waals surface area contributed by atoms with Gasteiger partial charge < -0.3 is 5.32 Å². The number of rotatable bonds is 4. The molecule has 0 bridgehead atoms. The molecule has 3 rings (SSSR count). The third-order valence-corrected chi connectivity index (χ3v) is 4.41. The van der Waals surface area contributed by atoms with Crippen LogP contribution >= 0.6 is 23.4 Å². The molecule has 0 spiro atoms. The van der Waals surface area contributed by atoms with Crippen LogP contribution in [0.15, 0.2) is 18.7 Å². The molecule has 0 aliphatic carbocycles. The average Bonchev–Trinajstić information content (AvgIpc) is 3.09. The molecule has 1 fully saturated rings. The van der Waals surface area contributed by atoms with Crippen LogP contribution in [0.2, 0.25) is 5.28 Å². The molecule has 2 aromatic heterocycles. The van der Waals surface area contributed by atoms with Crippen LogP contribution in [-0.2, 0) is 0 Å². The van der Waals surface area contributed by atoms with Gasteiger partial charge in [-0.2, -0.15) is 26.7 Å². The molecule has 2 aromatic rings. The van der Waals surface area contributed by atoms with Crippen LogP contribution in [0.4, 0.5) is 5.95 Å². The maximum absolute atomic E-state index is 5.92. The Hall–Kier alpha value is -1.34. The minimum atomic E-state index is 0.181. The SMILES string of the molecule is Clc1nc(NCC2CCCS2)nc(-n2ccnc2)n1. The smallest absolute Gasteiger partial charge is 0.241 e. The summed E-state index contributed by atoms with van der Waals surface area (Å²) in [6, 6.07) is 0. The molecule has 19 heavy (non-hydrogen) atoms. The monoisotopic (exact) mass is 296 g/mol. The summed E-state index contributed by atoms with van der Waals surface area (Å²) in [5.74, 6) is 2.22. The van der Waals surface area contributed by atoms with Crippen LogP contribution in [0.5, 0.6) is 0 Å². The topological polar surface area (TPSA) is 68.5 Å². The number of nitrogens with one attached hydrogen (secondary N) is 1. The second-order valence-electron chi connectivity index (χ2n) is 4.21. The van der Waals surface area contributed by atoms with E-state index in [0.29, 0.717) is 17.1 Å². The lowest BCUT2D eigenvalue weighted by atomic mass is 10.2. The summed E-state index contributed by atoms with van der Waals surface area (Å²) in [7, 11) is 0. The van der Waals surface area contributed by atoms with Gasteiger partial charge in [0.25, 0.3) is 0 Å². The van der Waals surface area contributed by atoms with E-state index in [4.69, 9.17) is 11.6 Å². The predicted molar refractivity (Wildman–Crippen MR) is 75.9 cm³/mol. The van der Waals surface area contributed by atoms with Gasteiger partial charge in [-0.1, -0.05) is 0 Å². The lowest BCUT2D eigenvalue weighted by molar-refractivity contribution is 0.796. The van der Waals surface area contributed by atoms with Crippen molar-refractivity contribution in [1.82, 2.24) is 24.5 Å². The van der Waals surface area contributed by atoms with E-state index in [1.54, 1.807) is 23.3 Å². The van der Waals surface area contributed by atoms with E-state index >= 15 is 0 Å². The summed E-state index contributed by atoms with van der Waals surface area (Å²) in [6.45, 7) is 0.856.